The summed E-state index contributed by atoms with van der Waals surface area (Å²) in [5.41, 5.74) is 8.98. The van der Waals surface area contributed by atoms with Crippen LogP contribution in [-0.2, 0) is 17.6 Å². The number of carbonyl (C=O) groups is 1. The molecular weight excluding hydrogens is 252 g/mol. The first-order chi connectivity index (χ1) is 9.38. The molecule has 20 heavy (non-hydrogen) atoms. The van der Waals surface area contributed by atoms with Crippen molar-refractivity contribution in [3.8, 4) is 0 Å². The maximum atomic E-state index is 12.6. The summed E-state index contributed by atoms with van der Waals surface area (Å²) in [5.74, 6) is -0.463. The van der Waals surface area contributed by atoms with Crippen molar-refractivity contribution in [1.29, 1.82) is 0 Å². The van der Waals surface area contributed by atoms with E-state index in [0.717, 1.165) is 16.7 Å². The number of hydrogen-bond donors (Lipinski definition) is 2. The van der Waals surface area contributed by atoms with E-state index in [9.17, 15) is 9.59 Å². The second kappa shape index (κ2) is 5.33. The molecule has 104 valence electrons. The van der Waals surface area contributed by atoms with Gasteiger partial charge in [0.05, 0.1) is 6.42 Å². The highest BCUT2D eigenvalue weighted by atomic mass is 16.1. The molecule has 3 N–H and O–H groups in total. The first-order valence-electron chi connectivity index (χ1n) is 6.45. The zero-order valence-corrected chi connectivity index (χ0v) is 11.7. The predicted molar refractivity (Wildman–Crippen MR) is 80.7 cm³/mol. The van der Waals surface area contributed by atoms with Crippen molar-refractivity contribution in [2.24, 2.45) is 5.73 Å². The number of nitrogens with two attached hydrogens (primary N) is 1. The number of hydrogen-bond acceptors (Lipinski definition) is 2. The van der Waals surface area contributed by atoms with Crippen molar-refractivity contribution in [1.82, 2.24) is 4.98 Å². The smallest absolute Gasteiger partial charge is 0.223 e. The van der Waals surface area contributed by atoms with Gasteiger partial charge in [-0.15, -0.1) is 0 Å². The van der Waals surface area contributed by atoms with E-state index < -0.39 is 5.91 Å². The minimum atomic E-state index is -0.463. The lowest BCUT2D eigenvalue weighted by Gasteiger charge is -2.10. The Morgan fingerprint density at radius 3 is 2.65 bits per heavy atom. The number of aromatic nitrogens is 1. The van der Waals surface area contributed by atoms with Crippen LogP contribution in [0.15, 0.2) is 35.1 Å². The average molecular weight is 270 g/mol. The highest BCUT2D eigenvalue weighted by Crippen LogP contribution is 2.16. The standard InChI is InChI=1S/C16H18N2O2/c1-9(2)6-11-14(8-15(17)19)18-13-5-4-10(3)7-12(13)16(11)20/h4-5,7H,1,6,8H2,2-3H3,(H2,17,19)(H,18,20). The molecule has 4 nitrogen and oxygen atoms in total. The van der Waals surface area contributed by atoms with E-state index in [-0.39, 0.29) is 11.8 Å². The van der Waals surface area contributed by atoms with E-state index in [1.54, 1.807) is 0 Å². The molecule has 1 aromatic heterocycles. The number of benzene rings is 1. The maximum Gasteiger partial charge on any atom is 0.223 e. The van der Waals surface area contributed by atoms with Gasteiger partial charge in [-0.1, -0.05) is 23.8 Å². The van der Waals surface area contributed by atoms with Crippen LogP contribution < -0.4 is 11.2 Å². The second-order valence-corrected chi connectivity index (χ2v) is 5.24. The number of carbonyl (C=O) groups excluding carboxylic acids is 1. The van der Waals surface area contributed by atoms with Gasteiger partial charge < -0.3 is 10.7 Å². The van der Waals surface area contributed by atoms with Gasteiger partial charge in [0, 0.05) is 22.2 Å². The normalized spacial score (nSPS) is 10.7. The van der Waals surface area contributed by atoms with Gasteiger partial charge in [-0.3, -0.25) is 9.59 Å². The molecule has 0 aliphatic heterocycles. The number of nitrogens with one attached hydrogen (secondary N) is 1. The summed E-state index contributed by atoms with van der Waals surface area (Å²) in [6.07, 6.45) is 0.476. The molecule has 0 aliphatic rings. The Hall–Kier alpha value is -2.36. The molecule has 0 atom stereocenters. The fourth-order valence-corrected chi connectivity index (χ4v) is 2.31. The van der Waals surface area contributed by atoms with Crippen molar-refractivity contribution in [2.45, 2.75) is 26.7 Å². The molecular formula is C16H18N2O2. The molecule has 0 fully saturated rings. The molecule has 0 aliphatic carbocycles. The lowest BCUT2D eigenvalue weighted by molar-refractivity contribution is -0.117. The number of pyridine rings is 1. The van der Waals surface area contributed by atoms with E-state index in [1.807, 2.05) is 32.0 Å². The quantitative estimate of drug-likeness (QED) is 0.833. The molecule has 0 saturated heterocycles. The van der Waals surface area contributed by atoms with E-state index >= 15 is 0 Å². The van der Waals surface area contributed by atoms with Crippen LogP contribution in [-0.4, -0.2) is 10.9 Å². The van der Waals surface area contributed by atoms with Crippen LogP contribution >= 0.6 is 0 Å². The summed E-state index contributed by atoms with van der Waals surface area (Å²) in [4.78, 5) is 26.9. The Bertz CT molecular complexity index is 757. The highest BCUT2D eigenvalue weighted by molar-refractivity contribution is 5.82. The van der Waals surface area contributed by atoms with Crippen LogP contribution in [0.4, 0.5) is 0 Å². The first-order valence-corrected chi connectivity index (χ1v) is 6.45. The molecule has 4 heteroatoms. The van der Waals surface area contributed by atoms with Crippen LogP contribution in [0.3, 0.4) is 0 Å². The monoisotopic (exact) mass is 270 g/mol. The Balaban J connectivity index is 2.75. The summed E-state index contributed by atoms with van der Waals surface area (Å²) in [6, 6.07) is 5.62. The molecule has 2 rings (SSSR count). The largest absolute Gasteiger partial charge is 0.369 e. The fourth-order valence-electron chi connectivity index (χ4n) is 2.31. The number of aromatic amines is 1. The number of aryl methyl sites for hydroxylation is 1. The van der Waals surface area contributed by atoms with Crippen LogP contribution in [0.1, 0.15) is 23.7 Å². The van der Waals surface area contributed by atoms with Crippen LogP contribution in [0, 0.1) is 6.92 Å². The molecule has 0 unspecified atom stereocenters. The SMILES string of the molecule is C=C(C)Cc1c(CC(N)=O)[nH]c2ccc(C)cc2c1=O. The van der Waals surface area contributed by atoms with E-state index in [4.69, 9.17) is 5.73 Å². The summed E-state index contributed by atoms with van der Waals surface area (Å²) >= 11 is 0. The molecule has 0 radical (unpaired) electrons. The molecule has 1 aromatic carbocycles. The van der Waals surface area contributed by atoms with Crippen molar-refractivity contribution in [3.05, 3.63) is 57.4 Å². The Labute approximate surface area is 117 Å². The van der Waals surface area contributed by atoms with Crippen LogP contribution in [0.5, 0.6) is 0 Å². The third-order valence-electron chi connectivity index (χ3n) is 3.17. The third-order valence-corrected chi connectivity index (χ3v) is 3.17. The van der Waals surface area contributed by atoms with Gasteiger partial charge >= 0.3 is 0 Å². The van der Waals surface area contributed by atoms with Gasteiger partial charge in [-0.25, -0.2) is 0 Å². The predicted octanol–water partition coefficient (Wildman–Crippen LogP) is 1.98. The first kappa shape index (κ1) is 14.1. The zero-order chi connectivity index (χ0) is 14.9. The number of H-pyrrole nitrogens is 1. The molecule has 0 saturated carbocycles. The Morgan fingerprint density at radius 2 is 2.05 bits per heavy atom. The lowest BCUT2D eigenvalue weighted by atomic mass is 10.00. The number of allylic oxidation sites excluding steroid dienone is 1. The summed E-state index contributed by atoms with van der Waals surface area (Å²) in [6.45, 7) is 7.63. The minimum absolute atomic E-state index is 0.0294. The number of amides is 1. The van der Waals surface area contributed by atoms with Gasteiger partial charge in [0.2, 0.25) is 5.91 Å². The van der Waals surface area contributed by atoms with E-state index in [1.165, 1.54) is 0 Å². The van der Waals surface area contributed by atoms with Gasteiger partial charge in [-0.2, -0.15) is 0 Å². The van der Waals surface area contributed by atoms with Crippen LogP contribution in [0.25, 0.3) is 10.9 Å². The molecule has 1 amide bonds. The number of fused-ring (bicyclic) bond motifs is 1. The fraction of sp³-hybridized carbons (Fsp3) is 0.250. The maximum absolute atomic E-state index is 12.6. The Morgan fingerprint density at radius 1 is 1.35 bits per heavy atom. The van der Waals surface area contributed by atoms with Crippen LogP contribution in [0.2, 0.25) is 0 Å². The topological polar surface area (TPSA) is 76.0 Å². The molecule has 1 heterocycles. The van der Waals surface area contributed by atoms with Crippen molar-refractivity contribution >= 4 is 16.8 Å². The van der Waals surface area contributed by atoms with E-state index in [2.05, 4.69) is 11.6 Å². The molecule has 2 aromatic rings. The van der Waals surface area contributed by atoms with Gasteiger partial charge in [0.25, 0.3) is 0 Å². The highest BCUT2D eigenvalue weighted by Gasteiger charge is 2.14. The van der Waals surface area contributed by atoms with Gasteiger partial charge in [0.1, 0.15) is 0 Å². The lowest BCUT2D eigenvalue weighted by Crippen LogP contribution is -2.21. The molecule has 0 bridgehead atoms. The summed E-state index contributed by atoms with van der Waals surface area (Å²) < 4.78 is 0. The molecule has 0 spiro atoms. The van der Waals surface area contributed by atoms with Crippen molar-refractivity contribution < 1.29 is 4.79 Å². The zero-order valence-electron chi connectivity index (χ0n) is 11.7. The summed E-state index contributed by atoms with van der Waals surface area (Å²) in [7, 11) is 0. The number of rotatable bonds is 4. The summed E-state index contributed by atoms with van der Waals surface area (Å²) in [5, 5.41) is 0.634. The van der Waals surface area contributed by atoms with E-state index in [0.29, 0.717) is 23.1 Å². The van der Waals surface area contributed by atoms with Crippen molar-refractivity contribution in [3.63, 3.8) is 0 Å². The number of primary amides is 1. The average Bonchev–Trinajstić information content (AvgIpc) is 2.34. The van der Waals surface area contributed by atoms with Gasteiger partial charge in [0.15, 0.2) is 5.43 Å². The van der Waals surface area contributed by atoms with Crippen molar-refractivity contribution in [2.75, 3.05) is 0 Å². The minimum Gasteiger partial charge on any atom is -0.369 e. The third kappa shape index (κ3) is 2.79. The van der Waals surface area contributed by atoms with Gasteiger partial charge in [-0.05, 0) is 32.4 Å². The Kier molecular flexibility index (Phi) is 3.74. The second-order valence-electron chi connectivity index (χ2n) is 5.24.